The second-order valence-electron chi connectivity index (χ2n) is 4.46. The zero-order chi connectivity index (χ0) is 15.8. The minimum atomic E-state index is -4.77. The van der Waals surface area contributed by atoms with Crippen molar-refractivity contribution in [1.82, 2.24) is 0 Å². The normalized spacial score (nSPS) is 18.9. The number of nitrogens with zero attached hydrogens (tertiary/aromatic N) is 1. The molecule has 1 atom stereocenters. The van der Waals surface area contributed by atoms with Crippen LogP contribution in [-0.2, 0) is 19.8 Å². The molecule has 114 valence electrons. The lowest BCUT2D eigenvalue weighted by Crippen LogP contribution is -2.27. The van der Waals surface area contributed by atoms with Crippen LogP contribution in [-0.4, -0.2) is 39.2 Å². The van der Waals surface area contributed by atoms with Crippen molar-refractivity contribution < 1.29 is 26.6 Å². The number of amides is 1. The summed E-state index contributed by atoms with van der Waals surface area (Å²) in [6.07, 6.45) is -0.399. The molecule has 1 aliphatic heterocycles. The maximum Gasteiger partial charge on any atom is 0.337 e. The van der Waals surface area contributed by atoms with Gasteiger partial charge in [0, 0.05) is 17.4 Å². The molecule has 1 saturated heterocycles. The molecule has 1 aromatic rings. The molecule has 21 heavy (non-hydrogen) atoms. The van der Waals surface area contributed by atoms with E-state index in [1.165, 1.54) is 30.2 Å². The molecule has 0 saturated carbocycles. The van der Waals surface area contributed by atoms with Gasteiger partial charge in [-0.15, -0.1) is 3.89 Å². The number of halogens is 2. The van der Waals surface area contributed by atoms with Crippen LogP contribution in [0.15, 0.2) is 22.7 Å². The Kier molecular flexibility index (Phi) is 4.33. The second kappa shape index (κ2) is 5.72. The van der Waals surface area contributed by atoms with Crippen LogP contribution in [0, 0.1) is 0 Å². The van der Waals surface area contributed by atoms with Gasteiger partial charge in [0.05, 0.1) is 18.4 Å². The number of methoxy groups -OCH3 is 1. The quantitative estimate of drug-likeness (QED) is 0.588. The largest absolute Gasteiger partial charge is 0.465 e. The number of benzene rings is 1. The molecule has 0 spiro atoms. The van der Waals surface area contributed by atoms with Gasteiger partial charge in [-0.05, 0) is 34.1 Å². The standard InChI is InChI=1S/C12H11BrFNO5S/c1-20-12(17)7-2-3-10(9(13)4-7)15-6-8(5-11(15)16)21(14,18)19/h2-4,8H,5-6H2,1H3. The van der Waals surface area contributed by atoms with Gasteiger partial charge >= 0.3 is 16.2 Å². The Balaban J connectivity index is 2.31. The molecule has 0 radical (unpaired) electrons. The Morgan fingerprint density at radius 2 is 2.14 bits per heavy atom. The first kappa shape index (κ1) is 15.9. The van der Waals surface area contributed by atoms with E-state index in [9.17, 15) is 21.9 Å². The second-order valence-corrected chi connectivity index (χ2v) is 6.94. The molecule has 0 aromatic heterocycles. The van der Waals surface area contributed by atoms with E-state index in [0.29, 0.717) is 10.2 Å². The van der Waals surface area contributed by atoms with Crippen molar-refractivity contribution in [1.29, 1.82) is 0 Å². The maximum atomic E-state index is 13.0. The first-order chi connectivity index (χ1) is 9.74. The Bertz CT molecular complexity index is 706. The lowest BCUT2D eigenvalue weighted by atomic mass is 10.2. The van der Waals surface area contributed by atoms with E-state index in [-0.39, 0.29) is 12.1 Å². The Hall–Kier alpha value is -1.48. The van der Waals surface area contributed by atoms with Crippen LogP contribution in [0.2, 0.25) is 0 Å². The summed E-state index contributed by atoms with van der Waals surface area (Å²) in [5, 5.41) is -1.36. The van der Waals surface area contributed by atoms with Crippen LogP contribution in [0.3, 0.4) is 0 Å². The molecule has 1 heterocycles. The average molecular weight is 380 g/mol. The third kappa shape index (κ3) is 3.24. The van der Waals surface area contributed by atoms with Gasteiger partial charge in [-0.1, -0.05) is 0 Å². The predicted molar refractivity (Wildman–Crippen MR) is 76.3 cm³/mol. The van der Waals surface area contributed by atoms with Gasteiger partial charge in [-0.3, -0.25) is 4.79 Å². The summed E-state index contributed by atoms with van der Waals surface area (Å²) < 4.78 is 39.8. The van der Waals surface area contributed by atoms with Crippen LogP contribution in [0.1, 0.15) is 16.8 Å². The average Bonchev–Trinajstić information content (AvgIpc) is 2.79. The van der Waals surface area contributed by atoms with Gasteiger partial charge < -0.3 is 9.64 Å². The summed E-state index contributed by atoms with van der Waals surface area (Å²) in [7, 11) is -3.53. The van der Waals surface area contributed by atoms with Crippen molar-refractivity contribution in [3.8, 4) is 0 Å². The Morgan fingerprint density at radius 1 is 1.48 bits per heavy atom. The van der Waals surface area contributed by atoms with E-state index < -0.39 is 33.8 Å². The number of hydrogen-bond acceptors (Lipinski definition) is 5. The summed E-state index contributed by atoms with van der Waals surface area (Å²) >= 11 is 3.21. The van der Waals surface area contributed by atoms with Gasteiger partial charge in [-0.2, -0.15) is 8.42 Å². The molecule has 0 N–H and O–H groups in total. The molecule has 1 unspecified atom stereocenters. The van der Waals surface area contributed by atoms with Gasteiger partial charge in [0.1, 0.15) is 5.25 Å². The monoisotopic (exact) mass is 379 g/mol. The van der Waals surface area contributed by atoms with Gasteiger partial charge in [0.25, 0.3) is 0 Å². The molecule has 1 aliphatic rings. The van der Waals surface area contributed by atoms with Gasteiger partial charge in [0.2, 0.25) is 5.91 Å². The highest BCUT2D eigenvalue weighted by Gasteiger charge is 2.39. The van der Waals surface area contributed by atoms with Crippen molar-refractivity contribution in [2.75, 3.05) is 18.6 Å². The number of hydrogen-bond donors (Lipinski definition) is 0. The minimum absolute atomic E-state index is 0.256. The zero-order valence-corrected chi connectivity index (χ0v) is 13.3. The molecule has 1 fully saturated rings. The molecule has 9 heteroatoms. The molecular formula is C12H11BrFNO5S. The first-order valence-corrected chi connectivity index (χ1v) is 8.09. The highest BCUT2D eigenvalue weighted by atomic mass is 79.9. The fourth-order valence-electron chi connectivity index (χ4n) is 2.07. The SMILES string of the molecule is COC(=O)c1ccc(N2CC(S(=O)(=O)F)CC2=O)c(Br)c1. The number of anilines is 1. The molecule has 2 rings (SSSR count). The fourth-order valence-corrected chi connectivity index (χ4v) is 3.33. The summed E-state index contributed by atoms with van der Waals surface area (Å²) in [6, 6.07) is 4.36. The molecule has 1 amide bonds. The highest BCUT2D eigenvalue weighted by Crippen LogP contribution is 2.32. The van der Waals surface area contributed by atoms with Crippen LogP contribution in [0.5, 0.6) is 0 Å². The topological polar surface area (TPSA) is 80.8 Å². The van der Waals surface area contributed by atoms with E-state index in [1.807, 2.05) is 0 Å². The number of rotatable bonds is 3. The molecule has 0 aliphatic carbocycles. The summed E-state index contributed by atoms with van der Waals surface area (Å²) in [5.74, 6) is -1.04. The van der Waals surface area contributed by atoms with Crippen molar-refractivity contribution in [3.63, 3.8) is 0 Å². The third-order valence-electron chi connectivity index (χ3n) is 3.15. The Labute approximate surface area is 129 Å². The highest BCUT2D eigenvalue weighted by molar-refractivity contribution is 9.10. The van der Waals surface area contributed by atoms with Crippen LogP contribution in [0.25, 0.3) is 0 Å². The van der Waals surface area contributed by atoms with E-state index in [2.05, 4.69) is 20.7 Å². The Morgan fingerprint density at radius 3 is 2.62 bits per heavy atom. The molecular weight excluding hydrogens is 369 g/mol. The van der Waals surface area contributed by atoms with E-state index in [1.54, 1.807) is 0 Å². The molecule has 0 bridgehead atoms. The van der Waals surface area contributed by atoms with E-state index in [0.717, 1.165) is 0 Å². The number of esters is 1. The van der Waals surface area contributed by atoms with Crippen molar-refractivity contribution in [2.24, 2.45) is 0 Å². The van der Waals surface area contributed by atoms with Crippen molar-refractivity contribution in [2.45, 2.75) is 11.7 Å². The third-order valence-corrected chi connectivity index (χ3v) is 4.89. The van der Waals surface area contributed by atoms with Crippen LogP contribution >= 0.6 is 15.9 Å². The van der Waals surface area contributed by atoms with Crippen LogP contribution in [0.4, 0.5) is 9.57 Å². The maximum absolute atomic E-state index is 13.0. The lowest BCUT2D eigenvalue weighted by Gasteiger charge is -2.18. The lowest BCUT2D eigenvalue weighted by molar-refractivity contribution is -0.117. The molecule has 1 aromatic carbocycles. The van der Waals surface area contributed by atoms with Crippen molar-refractivity contribution >= 4 is 43.7 Å². The van der Waals surface area contributed by atoms with E-state index >= 15 is 0 Å². The fraction of sp³-hybridized carbons (Fsp3) is 0.333. The summed E-state index contributed by atoms with van der Waals surface area (Å²) in [4.78, 5) is 24.4. The van der Waals surface area contributed by atoms with E-state index in [4.69, 9.17) is 0 Å². The van der Waals surface area contributed by atoms with Crippen LogP contribution < -0.4 is 4.90 Å². The molecule has 6 nitrogen and oxygen atoms in total. The number of ether oxygens (including phenoxy) is 1. The van der Waals surface area contributed by atoms with Crippen molar-refractivity contribution in [3.05, 3.63) is 28.2 Å². The first-order valence-electron chi connectivity index (χ1n) is 5.85. The smallest absolute Gasteiger partial charge is 0.337 e. The van der Waals surface area contributed by atoms with Gasteiger partial charge in [0.15, 0.2) is 0 Å². The summed E-state index contributed by atoms with van der Waals surface area (Å²) in [6.45, 7) is -0.256. The number of carbonyl (C=O) groups excluding carboxylic acids is 2. The van der Waals surface area contributed by atoms with Gasteiger partial charge in [-0.25, -0.2) is 4.79 Å². The minimum Gasteiger partial charge on any atom is -0.465 e. The summed E-state index contributed by atoms with van der Waals surface area (Å²) in [5.41, 5.74) is 0.647. The predicted octanol–water partition coefficient (Wildman–Crippen LogP) is 1.64. The number of carbonyl (C=O) groups is 2. The zero-order valence-electron chi connectivity index (χ0n) is 10.9.